The maximum Gasteiger partial charge on any atom is 0.258 e. The second-order valence-corrected chi connectivity index (χ2v) is 6.73. The number of pyridine rings is 1. The van der Waals surface area contributed by atoms with E-state index in [2.05, 4.69) is 21.3 Å². The topological polar surface area (TPSA) is 45.2 Å². The van der Waals surface area contributed by atoms with Crippen molar-refractivity contribution in [2.24, 2.45) is 0 Å². The molecule has 5 heteroatoms. The summed E-state index contributed by atoms with van der Waals surface area (Å²) in [5.41, 5.74) is 2.61. The molecule has 4 nitrogen and oxygen atoms in total. The first kappa shape index (κ1) is 16.8. The highest BCUT2D eigenvalue weighted by Gasteiger charge is 2.17. The molecule has 1 amide bonds. The van der Waals surface area contributed by atoms with E-state index in [1.165, 1.54) is 37.4 Å². The molecule has 1 N–H and O–H groups in total. The Morgan fingerprint density at radius 2 is 1.83 bits per heavy atom. The predicted octanol–water partition coefficient (Wildman–Crippen LogP) is 4.44. The number of amides is 1. The minimum Gasteiger partial charge on any atom is -0.370 e. The van der Waals surface area contributed by atoms with Crippen LogP contribution in [-0.2, 0) is 0 Å². The Hall–Kier alpha value is -2.01. The number of benzene rings is 1. The Balaban J connectivity index is 1.83. The zero-order valence-corrected chi connectivity index (χ0v) is 14.8. The molecule has 0 aliphatic carbocycles. The smallest absolute Gasteiger partial charge is 0.258 e. The summed E-state index contributed by atoms with van der Waals surface area (Å²) in [5, 5.41) is 3.84. The fourth-order valence-corrected chi connectivity index (χ4v) is 3.63. The number of aromatic nitrogens is 1. The third-order valence-electron chi connectivity index (χ3n) is 4.31. The Morgan fingerprint density at radius 3 is 2.58 bits per heavy atom. The van der Waals surface area contributed by atoms with Gasteiger partial charge in [-0.2, -0.15) is 0 Å². The van der Waals surface area contributed by atoms with Crippen molar-refractivity contribution < 1.29 is 4.79 Å². The number of carbonyl (C=O) groups is 1. The second kappa shape index (κ2) is 8.20. The zero-order chi connectivity index (χ0) is 16.8. The number of rotatable bonds is 4. The number of hydrogen-bond acceptors (Lipinski definition) is 4. The van der Waals surface area contributed by atoms with Crippen molar-refractivity contribution in [1.82, 2.24) is 4.98 Å². The third kappa shape index (κ3) is 3.90. The molecule has 0 atom stereocenters. The lowest BCUT2D eigenvalue weighted by molar-refractivity contribution is 0.102. The number of nitrogens with zero attached hydrogens (tertiary/aromatic N) is 2. The van der Waals surface area contributed by atoms with Gasteiger partial charge in [0, 0.05) is 19.3 Å². The molecule has 2 heterocycles. The van der Waals surface area contributed by atoms with E-state index in [0.29, 0.717) is 5.56 Å². The lowest BCUT2D eigenvalue weighted by atomic mass is 10.2. The van der Waals surface area contributed by atoms with Gasteiger partial charge in [0.25, 0.3) is 5.91 Å². The molecule has 1 fully saturated rings. The van der Waals surface area contributed by atoms with Gasteiger partial charge in [-0.05, 0) is 43.4 Å². The number of anilines is 2. The van der Waals surface area contributed by atoms with Gasteiger partial charge < -0.3 is 10.2 Å². The Labute approximate surface area is 147 Å². The van der Waals surface area contributed by atoms with Crippen LogP contribution in [0.4, 0.5) is 11.4 Å². The largest absolute Gasteiger partial charge is 0.370 e. The van der Waals surface area contributed by atoms with Crippen molar-refractivity contribution in [2.75, 3.05) is 29.6 Å². The van der Waals surface area contributed by atoms with Gasteiger partial charge in [-0.25, -0.2) is 4.98 Å². The lowest BCUT2D eigenvalue weighted by Crippen LogP contribution is -2.25. The van der Waals surface area contributed by atoms with E-state index in [0.717, 1.165) is 29.5 Å². The maximum absolute atomic E-state index is 12.7. The fourth-order valence-electron chi connectivity index (χ4n) is 3.08. The third-order valence-corrected chi connectivity index (χ3v) is 5.02. The highest BCUT2D eigenvalue weighted by Crippen LogP contribution is 2.29. The summed E-state index contributed by atoms with van der Waals surface area (Å²) in [5.74, 6) is -0.102. The first-order valence-corrected chi connectivity index (χ1v) is 9.66. The normalized spacial score (nSPS) is 15.0. The summed E-state index contributed by atoms with van der Waals surface area (Å²) in [6.45, 7) is 2.10. The number of thioether (sulfide) groups is 1. The average molecular weight is 341 g/mol. The number of carbonyl (C=O) groups excluding carboxylic acids is 1. The van der Waals surface area contributed by atoms with Crippen molar-refractivity contribution in [3.05, 3.63) is 48.2 Å². The van der Waals surface area contributed by atoms with Crippen molar-refractivity contribution in [3.8, 4) is 0 Å². The van der Waals surface area contributed by atoms with Crippen LogP contribution in [0, 0.1) is 0 Å². The highest BCUT2D eigenvalue weighted by atomic mass is 32.2. The molecule has 0 saturated carbocycles. The standard InChI is InChI=1S/C19H23N3OS/c1-24-19-15(9-8-12-20-19)18(23)21-16-10-4-5-11-17(16)22-13-6-2-3-7-14-22/h4-5,8-12H,2-3,6-7,13-14H2,1H3,(H,21,23). The highest BCUT2D eigenvalue weighted by molar-refractivity contribution is 7.98. The van der Waals surface area contributed by atoms with Crippen LogP contribution < -0.4 is 10.2 Å². The molecular formula is C19H23N3OS. The number of hydrogen-bond donors (Lipinski definition) is 1. The summed E-state index contributed by atoms with van der Waals surface area (Å²) in [6, 6.07) is 11.7. The molecule has 24 heavy (non-hydrogen) atoms. The van der Waals surface area contributed by atoms with Crippen LogP contribution in [0.1, 0.15) is 36.0 Å². The van der Waals surface area contributed by atoms with Crippen LogP contribution in [0.2, 0.25) is 0 Å². The van der Waals surface area contributed by atoms with E-state index in [1.807, 2.05) is 30.5 Å². The maximum atomic E-state index is 12.7. The van der Waals surface area contributed by atoms with Crippen LogP contribution in [0.25, 0.3) is 0 Å². The molecular weight excluding hydrogens is 318 g/mol. The fraction of sp³-hybridized carbons (Fsp3) is 0.368. The van der Waals surface area contributed by atoms with Gasteiger partial charge in [0.15, 0.2) is 0 Å². The number of nitrogens with one attached hydrogen (secondary N) is 1. The molecule has 3 rings (SSSR count). The SMILES string of the molecule is CSc1ncccc1C(=O)Nc1ccccc1N1CCCCCC1. The average Bonchev–Trinajstić information content (AvgIpc) is 2.91. The van der Waals surface area contributed by atoms with E-state index in [4.69, 9.17) is 0 Å². The second-order valence-electron chi connectivity index (χ2n) is 5.93. The molecule has 1 saturated heterocycles. The van der Waals surface area contributed by atoms with Crippen LogP contribution in [0.15, 0.2) is 47.6 Å². The molecule has 0 bridgehead atoms. The summed E-state index contributed by atoms with van der Waals surface area (Å²) in [4.78, 5) is 19.4. The van der Waals surface area contributed by atoms with Crippen molar-refractivity contribution in [3.63, 3.8) is 0 Å². The van der Waals surface area contributed by atoms with Gasteiger partial charge in [-0.1, -0.05) is 25.0 Å². The first-order valence-electron chi connectivity index (χ1n) is 8.44. The molecule has 0 spiro atoms. The molecule has 1 aliphatic heterocycles. The van der Waals surface area contributed by atoms with Gasteiger partial charge in [-0.3, -0.25) is 4.79 Å². The van der Waals surface area contributed by atoms with E-state index in [9.17, 15) is 4.79 Å². The summed E-state index contributed by atoms with van der Waals surface area (Å²) in [6.07, 6.45) is 8.65. The van der Waals surface area contributed by atoms with Crippen molar-refractivity contribution in [1.29, 1.82) is 0 Å². The molecule has 1 aromatic carbocycles. The monoisotopic (exact) mass is 341 g/mol. The molecule has 0 radical (unpaired) electrons. The van der Waals surface area contributed by atoms with Crippen LogP contribution in [0.3, 0.4) is 0 Å². The van der Waals surface area contributed by atoms with E-state index >= 15 is 0 Å². The van der Waals surface area contributed by atoms with Crippen molar-refractivity contribution in [2.45, 2.75) is 30.7 Å². The van der Waals surface area contributed by atoms with E-state index in [1.54, 1.807) is 12.3 Å². The molecule has 2 aromatic rings. The zero-order valence-electron chi connectivity index (χ0n) is 14.0. The number of para-hydroxylation sites is 2. The van der Waals surface area contributed by atoms with Crippen LogP contribution in [0.5, 0.6) is 0 Å². The Kier molecular flexibility index (Phi) is 5.75. The summed E-state index contributed by atoms with van der Waals surface area (Å²) in [7, 11) is 0. The van der Waals surface area contributed by atoms with Gasteiger partial charge in [0.05, 0.1) is 16.9 Å². The first-order chi connectivity index (χ1) is 11.8. The summed E-state index contributed by atoms with van der Waals surface area (Å²) < 4.78 is 0. The van der Waals surface area contributed by atoms with Crippen LogP contribution in [-0.4, -0.2) is 30.2 Å². The van der Waals surface area contributed by atoms with E-state index in [-0.39, 0.29) is 5.91 Å². The molecule has 126 valence electrons. The van der Waals surface area contributed by atoms with Crippen LogP contribution >= 0.6 is 11.8 Å². The quantitative estimate of drug-likeness (QED) is 0.835. The molecule has 0 unspecified atom stereocenters. The lowest BCUT2D eigenvalue weighted by Gasteiger charge is -2.25. The van der Waals surface area contributed by atoms with Gasteiger partial charge >= 0.3 is 0 Å². The van der Waals surface area contributed by atoms with Gasteiger partial charge in [0.2, 0.25) is 0 Å². The van der Waals surface area contributed by atoms with Gasteiger partial charge in [0.1, 0.15) is 5.03 Å². The Bertz CT molecular complexity index is 697. The summed E-state index contributed by atoms with van der Waals surface area (Å²) >= 11 is 1.49. The Morgan fingerprint density at radius 1 is 1.08 bits per heavy atom. The minimum absolute atomic E-state index is 0.102. The predicted molar refractivity (Wildman–Crippen MR) is 101 cm³/mol. The van der Waals surface area contributed by atoms with Crippen molar-refractivity contribution >= 4 is 29.0 Å². The van der Waals surface area contributed by atoms with E-state index < -0.39 is 0 Å². The minimum atomic E-state index is -0.102. The molecule has 1 aromatic heterocycles. The van der Waals surface area contributed by atoms with Gasteiger partial charge in [-0.15, -0.1) is 11.8 Å². The molecule has 1 aliphatic rings.